The van der Waals surface area contributed by atoms with Gasteiger partial charge in [-0.05, 0) is 30.3 Å². The Morgan fingerprint density at radius 1 is 1.11 bits per heavy atom. The zero-order chi connectivity index (χ0) is 19.1. The fourth-order valence-corrected chi connectivity index (χ4v) is 2.39. The van der Waals surface area contributed by atoms with Crippen molar-refractivity contribution < 1.29 is 9.53 Å². The van der Waals surface area contributed by atoms with Gasteiger partial charge in [-0.25, -0.2) is 9.97 Å². The van der Waals surface area contributed by atoms with Gasteiger partial charge >= 0.3 is 0 Å². The summed E-state index contributed by atoms with van der Waals surface area (Å²) in [6, 6.07) is 16.5. The Morgan fingerprint density at radius 2 is 1.81 bits per heavy atom. The summed E-state index contributed by atoms with van der Waals surface area (Å²) in [5, 5.41) is 14.6. The highest BCUT2D eigenvalue weighted by Crippen LogP contribution is 2.17. The number of amides is 1. The lowest BCUT2D eigenvalue weighted by atomic mass is 10.2. The fraction of sp³-hybridized carbons (Fsp3) is 0.100. The summed E-state index contributed by atoms with van der Waals surface area (Å²) in [7, 11) is 1.59. The second-order valence-corrected chi connectivity index (χ2v) is 5.60. The molecule has 0 aliphatic rings. The molecule has 0 aliphatic heterocycles. The van der Waals surface area contributed by atoms with Crippen LogP contribution in [0.3, 0.4) is 0 Å². The molecule has 0 aliphatic carbocycles. The first-order valence-corrected chi connectivity index (χ1v) is 8.19. The molecule has 0 bridgehead atoms. The number of carbonyl (C=O) groups excluding carboxylic acids is 1. The van der Waals surface area contributed by atoms with Crippen molar-refractivity contribution in [3.05, 3.63) is 77.6 Å². The summed E-state index contributed by atoms with van der Waals surface area (Å²) < 4.78 is 5.27. The van der Waals surface area contributed by atoms with Gasteiger partial charge in [-0.1, -0.05) is 18.2 Å². The van der Waals surface area contributed by atoms with Crippen LogP contribution in [0.2, 0.25) is 0 Å². The molecule has 1 heterocycles. The van der Waals surface area contributed by atoms with Crippen molar-refractivity contribution >= 4 is 17.5 Å². The Labute approximate surface area is 156 Å². The second kappa shape index (κ2) is 8.45. The van der Waals surface area contributed by atoms with Crippen LogP contribution >= 0.6 is 0 Å². The van der Waals surface area contributed by atoms with Gasteiger partial charge in [0.2, 0.25) is 5.95 Å². The van der Waals surface area contributed by atoms with E-state index in [0.29, 0.717) is 23.6 Å². The van der Waals surface area contributed by atoms with Gasteiger partial charge in [0.1, 0.15) is 5.75 Å². The number of methoxy groups -OCH3 is 1. The zero-order valence-corrected chi connectivity index (χ0v) is 14.6. The van der Waals surface area contributed by atoms with Crippen LogP contribution in [0.25, 0.3) is 0 Å². The number of hydrogen-bond donors (Lipinski definition) is 2. The summed E-state index contributed by atoms with van der Waals surface area (Å²) in [4.78, 5) is 20.6. The lowest BCUT2D eigenvalue weighted by Gasteiger charge is -2.09. The number of anilines is 2. The first-order valence-electron chi connectivity index (χ1n) is 8.19. The van der Waals surface area contributed by atoms with Gasteiger partial charge in [-0.3, -0.25) is 4.79 Å². The predicted molar refractivity (Wildman–Crippen MR) is 101 cm³/mol. The van der Waals surface area contributed by atoms with Crippen LogP contribution < -0.4 is 15.4 Å². The standard InChI is InChI=1S/C20H17N5O2/c1-27-18-5-3-2-4-15(18)11-22-19(26)16-12-23-20(24-13-16)25-17-8-6-14(10-21)7-9-17/h2-9,12-13H,11H2,1H3,(H,22,26)(H,23,24,25). The first kappa shape index (κ1) is 17.9. The van der Waals surface area contributed by atoms with E-state index in [1.54, 1.807) is 31.4 Å². The van der Waals surface area contributed by atoms with Gasteiger partial charge in [0.05, 0.1) is 24.3 Å². The molecule has 0 saturated heterocycles. The Kier molecular flexibility index (Phi) is 5.60. The van der Waals surface area contributed by atoms with Crippen LogP contribution in [0.4, 0.5) is 11.6 Å². The summed E-state index contributed by atoms with van der Waals surface area (Å²) in [6.45, 7) is 0.341. The lowest BCUT2D eigenvalue weighted by molar-refractivity contribution is 0.0950. The summed E-state index contributed by atoms with van der Waals surface area (Å²) in [5.41, 5.74) is 2.56. The molecule has 2 N–H and O–H groups in total. The Hall–Kier alpha value is -3.92. The SMILES string of the molecule is COc1ccccc1CNC(=O)c1cnc(Nc2ccc(C#N)cc2)nc1. The van der Waals surface area contributed by atoms with Gasteiger partial charge in [-0.2, -0.15) is 5.26 Å². The molecule has 134 valence electrons. The number of nitrogens with one attached hydrogen (secondary N) is 2. The van der Waals surface area contributed by atoms with E-state index in [0.717, 1.165) is 17.0 Å². The third kappa shape index (κ3) is 4.58. The minimum Gasteiger partial charge on any atom is -0.496 e. The van der Waals surface area contributed by atoms with E-state index in [1.807, 2.05) is 24.3 Å². The number of carbonyl (C=O) groups is 1. The highest BCUT2D eigenvalue weighted by molar-refractivity contribution is 5.93. The third-order valence-corrected chi connectivity index (χ3v) is 3.82. The van der Waals surface area contributed by atoms with Gasteiger partial charge in [0.15, 0.2) is 0 Å². The van der Waals surface area contributed by atoms with E-state index in [1.165, 1.54) is 12.4 Å². The number of hydrogen-bond acceptors (Lipinski definition) is 6. The van der Waals surface area contributed by atoms with Crippen LogP contribution in [0.15, 0.2) is 60.9 Å². The zero-order valence-electron chi connectivity index (χ0n) is 14.6. The molecular formula is C20H17N5O2. The van der Waals surface area contributed by atoms with Crippen molar-refractivity contribution in [2.24, 2.45) is 0 Å². The number of nitriles is 1. The fourth-order valence-electron chi connectivity index (χ4n) is 2.39. The van der Waals surface area contributed by atoms with Crippen LogP contribution in [-0.2, 0) is 6.54 Å². The molecule has 7 nitrogen and oxygen atoms in total. The number of rotatable bonds is 6. The number of para-hydroxylation sites is 1. The van der Waals surface area contributed by atoms with Crippen molar-refractivity contribution in [1.82, 2.24) is 15.3 Å². The molecule has 0 spiro atoms. The molecule has 0 atom stereocenters. The van der Waals surface area contributed by atoms with E-state index >= 15 is 0 Å². The van der Waals surface area contributed by atoms with Crippen LogP contribution in [0.5, 0.6) is 5.75 Å². The van der Waals surface area contributed by atoms with Crippen molar-refractivity contribution in [1.29, 1.82) is 5.26 Å². The molecule has 7 heteroatoms. The molecule has 3 aromatic rings. The average molecular weight is 359 g/mol. The van der Waals surface area contributed by atoms with E-state index in [2.05, 4.69) is 26.7 Å². The molecular weight excluding hydrogens is 342 g/mol. The van der Waals surface area contributed by atoms with Gasteiger partial charge in [0.25, 0.3) is 5.91 Å². The monoisotopic (exact) mass is 359 g/mol. The molecule has 0 unspecified atom stereocenters. The first-order chi connectivity index (χ1) is 13.2. The molecule has 0 saturated carbocycles. The largest absolute Gasteiger partial charge is 0.496 e. The maximum absolute atomic E-state index is 12.3. The molecule has 0 fully saturated rings. The van der Waals surface area contributed by atoms with Crippen molar-refractivity contribution in [3.63, 3.8) is 0 Å². The maximum atomic E-state index is 12.3. The Balaban J connectivity index is 1.60. The van der Waals surface area contributed by atoms with Crippen LogP contribution in [0.1, 0.15) is 21.5 Å². The van der Waals surface area contributed by atoms with Crippen molar-refractivity contribution in [2.45, 2.75) is 6.54 Å². The Bertz CT molecular complexity index is 963. The highest BCUT2D eigenvalue weighted by Gasteiger charge is 2.09. The van der Waals surface area contributed by atoms with E-state index in [4.69, 9.17) is 10.00 Å². The number of aromatic nitrogens is 2. The molecule has 2 aromatic carbocycles. The normalized spacial score (nSPS) is 9.93. The summed E-state index contributed by atoms with van der Waals surface area (Å²) in [6.07, 6.45) is 2.91. The van der Waals surface area contributed by atoms with E-state index in [9.17, 15) is 4.79 Å². The number of nitrogens with zero attached hydrogens (tertiary/aromatic N) is 3. The number of ether oxygens (including phenoxy) is 1. The molecule has 27 heavy (non-hydrogen) atoms. The topological polar surface area (TPSA) is 99.9 Å². The molecule has 3 rings (SSSR count). The molecule has 1 amide bonds. The van der Waals surface area contributed by atoms with E-state index in [-0.39, 0.29) is 5.91 Å². The third-order valence-electron chi connectivity index (χ3n) is 3.82. The van der Waals surface area contributed by atoms with Crippen LogP contribution in [0, 0.1) is 11.3 Å². The smallest absolute Gasteiger partial charge is 0.254 e. The summed E-state index contributed by atoms with van der Waals surface area (Å²) >= 11 is 0. The number of benzene rings is 2. The second-order valence-electron chi connectivity index (χ2n) is 5.60. The average Bonchev–Trinajstić information content (AvgIpc) is 2.73. The lowest BCUT2D eigenvalue weighted by Crippen LogP contribution is -2.23. The van der Waals surface area contributed by atoms with E-state index < -0.39 is 0 Å². The molecule has 1 aromatic heterocycles. The van der Waals surface area contributed by atoms with Gasteiger partial charge in [-0.15, -0.1) is 0 Å². The van der Waals surface area contributed by atoms with Crippen LogP contribution in [-0.4, -0.2) is 23.0 Å². The van der Waals surface area contributed by atoms with Gasteiger partial charge < -0.3 is 15.4 Å². The maximum Gasteiger partial charge on any atom is 0.254 e. The minimum absolute atomic E-state index is 0.272. The minimum atomic E-state index is -0.272. The van der Waals surface area contributed by atoms with Crippen molar-refractivity contribution in [2.75, 3.05) is 12.4 Å². The summed E-state index contributed by atoms with van der Waals surface area (Å²) in [5.74, 6) is 0.808. The molecule has 0 radical (unpaired) electrons. The van der Waals surface area contributed by atoms with Crippen molar-refractivity contribution in [3.8, 4) is 11.8 Å². The van der Waals surface area contributed by atoms with Gasteiger partial charge in [0, 0.05) is 30.2 Å². The Morgan fingerprint density at radius 3 is 2.48 bits per heavy atom. The predicted octanol–water partition coefficient (Wildman–Crippen LogP) is 3.03. The highest BCUT2D eigenvalue weighted by atomic mass is 16.5. The quantitative estimate of drug-likeness (QED) is 0.702.